The summed E-state index contributed by atoms with van der Waals surface area (Å²) in [5.74, 6) is 5.13. The molecule has 0 nitrogen and oxygen atoms in total. The van der Waals surface area contributed by atoms with Crippen molar-refractivity contribution in [2.75, 3.05) is 0 Å². The van der Waals surface area contributed by atoms with Crippen LogP contribution in [0.25, 0.3) is 0 Å². The largest absolute Gasteiger partial charge is 0.0622 e. The zero-order valence-electron chi connectivity index (χ0n) is 25.7. The van der Waals surface area contributed by atoms with Crippen molar-refractivity contribution < 1.29 is 0 Å². The van der Waals surface area contributed by atoms with Crippen molar-refractivity contribution in [3.05, 3.63) is 217 Å². The molecular weight excluding hydrogens is 590 g/mol. The third-order valence-electron chi connectivity index (χ3n) is 8.58. The van der Waals surface area contributed by atoms with Gasteiger partial charge in [-0.2, -0.15) is 0 Å². The van der Waals surface area contributed by atoms with Crippen LogP contribution < -0.4 is 31.8 Å². The van der Waals surface area contributed by atoms with Gasteiger partial charge in [0.25, 0.3) is 0 Å². The first-order valence-corrected chi connectivity index (χ1v) is 19.4. The van der Waals surface area contributed by atoms with E-state index in [1.165, 1.54) is 43.0 Å². The quantitative estimate of drug-likeness (QED) is 0.150. The summed E-state index contributed by atoms with van der Waals surface area (Å²) in [5, 5.41) is 8.09. The SMILES string of the molecule is C(c1cccc(C=P(c2ccccc2)(c2ccccc2)c2ccccc2)c1)=P(c1ccccc1)(c1ccccc1)c1ccccc1. The molecule has 0 aromatic heterocycles. The van der Waals surface area contributed by atoms with E-state index in [1.54, 1.807) is 0 Å². The second-order valence-corrected chi connectivity index (χ2v) is 17.9. The maximum atomic E-state index is 2.57. The lowest BCUT2D eigenvalue weighted by molar-refractivity contribution is 1.66. The third kappa shape index (κ3) is 5.79. The van der Waals surface area contributed by atoms with E-state index < -0.39 is 13.8 Å². The first-order chi connectivity index (χ1) is 22.8. The Morgan fingerprint density at radius 3 is 0.674 bits per heavy atom. The van der Waals surface area contributed by atoms with Crippen LogP contribution in [0.5, 0.6) is 0 Å². The maximum Gasteiger partial charge on any atom is -0.0160 e. The van der Waals surface area contributed by atoms with E-state index in [4.69, 9.17) is 0 Å². The molecule has 0 radical (unpaired) electrons. The molecule has 7 aromatic carbocycles. The van der Waals surface area contributed by atoms with Crippen LogP contribution >= 0.6 is 13.8 Å². The second kappa shape index (κ2) is 13.6. The van der Waals surface area contributed by atoms with Crippen molar-refractivity contribution in [2.24, 2.45) is 0 Å². The first-order valence-electron chi connectivity index (χ1n) is 15.7. The monoisotopic (exact) mass is 626 g/mol. The predicted octanol–water partition coefficient (Wildman–Crippen LogP) is 7.98. The zero-order valence-corrected chi connectivity index (χ0v) is 27.5. The van der Waals surface area contributed by atoms with Crippen LogP contribution in [0.2, 0.25) is 0 Å². The van der Waals surface area contributed by atoms with E-state index in [1.807, 2.05) is 0 Å². The minimum absolute atomic E-state index is 1.23. The van der Waals surface area contributed by atoms with E-state index in [-0.39, 0.29) is 0 Å². The van der Waals surface area contributed by atoms with Gasteiger partial charge >= 0.3 is 0 Å². The Morgan fingerprint density at radius 2 is 0.457 bits per heavy atom. The summed E-state index contributed by atoms with van der Waals surface area (Å²) in [5.41, 5.74) is 2.46. The van der Waals surface area contributed by atoms with Crippen molar-refractivity contribution in [3.63, 3.8) is 0 Å². The summed E-state index contributed by atoms with van der Waals surface area (Å²) in [6.45, 7) is -4.30. The molecule has 0 saturated carbocycles. The van der Waals surface area contributed by atoms with Crippen LogP contribution in [0, 0.1) is 0 Å². The number of benzene rings is 7. The highest BCUT2D eigenvalue weighted by Gasteiger charge is 2.26. The number of rotatable bonds is 8. The highest BCUT2D eigenvalue weighted by Crippen LogP contribution is 2.46. The summed E-state index contributed by atoms with van der Waals surface area (Å²) in [4.78, 5) is 0. The molecule has 0 fully saturated rings. The van der Waals surface area contributed by atoms with Gasteiger partial charge in [-0.3, -0.25) is 0 Å². The average molecular weight is 627 g/mol. The van der Waals surface area contributed by atoms with Crippen molar-refractivity contribution in [2.45, 2.75) is 0 Å². The highest BCUT2D eigenvalue weighted by atomic mass is 31.2. The van der Waals surface area contributed by atoms with Crippen molar-refractivity contribution >= 4 is 57.2 Å². The smallest absolute Gasteiger partial charge is 0.0160 e. The van der Waals surface area contributed by atoms with E-state index in [9.17, 15) is 0 Å². The van der Waals surface area contributed by atoms with Gasteiger partial charge in [0.15, 0.2) is 0 Å². The van der Waals surface area contributed by atoms with Crippen molar-refractivity contribution in [1.82, 2.24) is 0 Å². The molecule has 0 unspecified atom stereocenters. The Labute approximate surface area is 273 Å². The van der Waals surface area contributed by atoms with E-state index in [0.717, 1.165) is 0 Å². The van der Waals surface area contributed by atoms with Crippen LogP contribution in [0.3, 0.4) is 0 Å². The molecule has 0 bridgehead atoms. The Morgan fingerprint density at radius 1 is 0.239 bits per heavy atom. The lowest BCUT2D eigenvalue weighted by Crippen LogP contribution is -2.27. The lowest BCUT2D eigenvalue weighted by atomic mass is 10.2. The third-order valence-corrected chi connectivity index (χ3v) is 16.6. The standard InChI is InChI=1S/C44H36P2/c1-7-22-39(23-8-1)45(40-24-9-2-10-25-40,41-26-11-3-12-27-41)35-37-20-19-21-38(34-37)36-46(42-28-13-4-14-29-42,43-30-15-5-16-31-43)44-32-17-6-18-33-44/h1-36H. The van der Waals surface area contributed by atoms with E-state index in [0.29, 0.717) is 0 Å². The Hall–Kier alpha value is -4.86. The molecule has 7 rings (SSSR count). The molecule has 0 saturated heterocycles. The van der Waals surface area contributed by atoms with Gasteiger partial charge in [0.1, 0.15) is 0 Å². The molecule has 46 heavy (non-hydrogen) atoms. The van der Waals surface area contributed by atoms with E-state index >= 15 is 0 Å². The van der Waals surface area contributed by atoms with Crippen LogP contribution in [0.1, 0.15) is 11.1 Å². The first kappa shape index (κ1) is 29.8. The van der Waals surface area contributed by atoms with Crippen molar-refractivity contribution in [1.29, 1.82) is 0 Å². The minimum Gasteiger partial charge on any atom is -0.0622 e. The highest BCUT2D eigenvalue weighted by molar-refractivity contribution is 7.95. The lowest BCUT2D eigenvalue weighted by Gasteiger charge is -2.29. The fraction of sp³-hybridized carbons (Fsp3) is 0. The van der Waals surface area contributed by atoms with Gasteiger partial charge in [-0.1, -0.05) is 200 Å². The van der Waals surface area contributed by atoms with Crippen LogP contribution in [-0.4, -0.2) is 11.6 Å². The van der Waals surface area contributed by atoms with Gasteiger partial charge in [0, 0.05) is 0 Å². The van der Waals surface area contributed by atoms with Gasteiger partial charge in [-0.25, -0.2) is 0 Å². The Balaban J connectivity index is 1.53. The summed E-state index contributed by atoms with van der Waals surface area (Å²) in [7, 11) is 0. The molecule has 0 aliphatic heterocycles. The number of hydrogen-bond acceptors (Lipinski definition) is 0. The fourth-order valence-corrected chi connectivity index (χ4v) is 14.2. The van der Waals surface area contributed by atoms with Crippen LogP contribution in [0.4, 0.5) is 0 Å². The molecular formula is C44H36P2. The van der Waals surface area contributed by atoms with Gasteiger partial charge in [-0.15, -0.1) is 0 Å². The van der Waals surface area contributed by atoms with Gasteiger partial charge in [0.2, 0.25) is 0 Å². The summed E-state index contributed by atoms with van der Waals surface area (Å²) in [6, 6.07) is 75.6. The van der Waals surface area contributed by atoms with Crippen molar-refractivity contribution in [3.8, 4) is 0 Å². The molecule has 0 aliphatic carbocycles. The molecule has 0 amide bonds. The summed E-state index contributed by atoms with van der Waals surface area (Å²) >= 11 is 0. The molecule has 0 atom stereocenters. The molecule has 7 aromatic rings. The molecule has 222 valence electrons. The van der Waals surface area contributed by atoms with Gasteiger partial charge in [0.05, 0.1) is 0 Å². The topological polar surface area (TPSA) is 0 Å². The maximum absolute atomic E-state index is 2.57. The normalized spacial score (nSPS) is 11.5. The van der Waals surface area contributed by atoms with Gasteiger partial charge in [-0.05, 0) is 74.4 Å². The fourth-order valence-electron chi connectivity index (χ4n) is 6.49. The second-order valence-electron chi connectivity index (χ2n) is 11.4. The summed E-state index contributed by atoms with van der Waals surface area (Å²) in [6.07, 6.45) is 0. The molecule has 0 heterocycles. The molecule has 0 aliphatic rings. The number of hydrogen-bond donors (Lipinski definition) is 0. The average Bonchev–Trinajstić information content (AvgIpc) is 3.15. The Bertz CT molecular complexity index is 1760. The van der Waals surface area contributed by atoms with Crippen LogP contribution in [0.15, 0.2) is 206 Å². The van der Waals surface area contributed by atoms with Gasteiger partial charge < -0.3 is 0 Å². The predicted molar refractivity (Wildman–Crippen MR) is 207 cm³/mol. The molecule has 2 heteroatoms. The molecule has 0 N–H and O–H groups in total. The Kier molecular flexibility index (Phi) is 8.85. The van der Waals surface area contributed by atoms with E-state index in [2.05, 4.69) is 218 Å². The van der Waals surface area contributed by atoms with Crippen LogP contribution in [-0.2, 0) is 0 Å². The summed E-state index contributed by atoms with van der Waals surface area (Å²) < 4.78 is 0. The zero-order chi connectivity index (χ0) is 31.1. The minimum atomic E-state index is -2.15. The molecule has 0 spiro atoms.